The predicted octanol–water partition coefficient (Wildman–Crippen LogP) is 4.09. The van der Waals surface area contributed by atoms with E-state index in [9.17, 15) is 9.59 Å². The molecule has 0 aromatic heterocycles. The number of benzene rings is 1. The van der Waals surface area contributed by atoms with Crippen LogP contribution in [0.15, 0.2) is 53.6 Å². The zero-order valence-corrected chi connectivity index (χ0v) is 14.8. The van der Waals surface area contributed by atoms with Gasteiger partial charge in [-0.2, -0.15) is 0 Å². The summed E-state index contributed by atoms with van der Waals surface area (Å²) in [5.41, 5.74) is 5.49. The smallest absolute Gasteiger partial charge is 0.428 e. The number of methoxy groups -OCH3 is 1. The van der Waals surface area contributed by atoms with Crippen molar-refractivity contribution >= 4 is 12.0 Å². The number of nitrogens with zero attached hydrogens (tertiary/aromatic N) is 1. The van der Waals surface area contributed by atoms with Gasteiger partial charge in [0.15, 0.2) is 0 Å². The molecule has 0 radical (unpaired) electrons. The highest BCUT2D eigenvalue weighted by Crippen LogP contribution is 2.07. The molecule has 0 heterocycles. The minimum absolute atomic E-state index is 0.256. The summed E-state index contributed by atoms with van der Waals surface area (Å²) in [5, 5.41) is 1.17. The average molecular weight is 330 g/mol. The van der Waals surface area contributed by atoms with E-state index in [-0.39, 0.29) is 12.5 Å². The van der Waals surface area contributed by atoms with Crippen LogP contribution in [0.2, 0.25) is 0 Å². The lowest BCUT2D eigenvalue weighted by Crippen LogP contribution is -2.46. The van der Waals surface area contributed by atoms with Crippen molar-refractivity contribution in [3.05, 3.63) is 59.2 Å². The molecule has 24 heavy (non-hydrogen) atoms. The van der Waals surface area contributed by atoms with Gasteiger partial charge in [0.1, 0.15) is 0 Å². The third kappa shape index (κ3) is 7.13. The average Bonchev–Trinajstić information content (AvgIpc) is 2.58. The number of hydrogen-bond acceptors (Lipinski definition) is 3. The molecular formula is C19H26N2O3. The normalized spacial score (nSPS) is 10.8. The van der Waals surface area contributed by atoms with Gasteiger partial charge >= 0.3 is 6.09 Å². The topological polar surface area (TPSA) is 58.6 Å². The molecule has 0 atom stereocenters. The second-order valence-electron chi connectivity index (χ2n) is 5.76. The second-order valence-corrected chi connectivity index (χ2v) is 5.76. The highest BCUT2D eigenvalue weighted by molar-refractivity contribution is 5.94. The molecule has 1 rings (SSSR count). The Morgan fingerprint density at radius 1 is 1.12 bits per heavy atom. The van der Waals surface area contributed by atoms with Crippen molar-refractivity contribution in [3.8, 4) is 0 Å². The standard InChI is InChI=1S/C19H26N2O3/c1-15(2)9-8-10-16(3)13-14-21(19(23)24-4)20-18(22)17-11-6-5-7-12-17/h5-7,9,11-13H,8,10,14H2,1-4H3,(H,20,22)/b16-13+. The molecule has 1 aromatic rings. The monoisotopic (exact) mass is 330 g/mol. The van der Waals surface area contributed by atoms with Crippen molar-refractivity contribution in [2.24, 2.45) is 0 Å². The quantitative estimate of drug-likeness (QED) is 0.631. The van der Waals surface area contributed by atoms with Crippen LogP contribution in [0.25, 0.3) is 0 Å². The Kier molecular flexibility index (Phi) is 8.33. The molecule has 1 N–H and O–H groups in total. The summed E-state index contributed by atoms with van der Waals surface area (Å²) in [5.74, 6) is -0.350. The predicted molar refractivity (Wildman–Crippen MR) is 95.4 cm³/mol. The molecule has 0 spiro atoms. The molecule has 0 fully saturated rings. The van der Waals surface area contributed by atoms with E-state index in [4.69, 9.17) is 4.74 Å². The van der Waals surface area contributed by atoms with Gasteiger partial charge in [0.25, 0.3) is 5.91 Å². The van der Waals surface area contributed by atoms with Crippen LogP contribution in [-0.4, -0.2) is 30.7 Å². The number of hydrazine groups is 1. The van der Waals surface area contributed by atoms with Gasteiger partial charge in [-0.15, -0.1) is 0 Å². The summed E-state index contributed by atoms with van der Waals surface area (Å²) in [7, 11) is 1.29. The second kappa shape index (κ2) is 10.3. The fourth-order valence-corrected chi connectivity index (χ4v) is 1.99. The van der Waals surface area contributed by atoms with Crippen LogP contribution in [0.3, 0.4) is 0 Å². The van der Waals surface area contributed by atoms with Gasteiger partial charge in [-0.3, -0.25) is 10.2 Å². The van der Waals surface area contributed by atoms with E-state index in [1.165, 1.54) is 17.7 Å². The fraction of sp³-hybridized carbons (Fsp3) is 0.368. The summed E-state index contributed by atoms with van der Waals surface area (Å²) in [4.78, 5) is 24.0. The zero-order chi connectivity index (χ0) is 17.9. The Balaban J connectivity index is 2.67. The van der Waals surface area contributed by atoms with E-state index in [1.807, 2.05) is 19.1 Å². The van der Waals surface area contributed by atoms with Crippen molar-refractivity contribution in [3.63, 3.8) is 0 Å². The van der Waals surface area contributed by atoms with Gasteiger partial charge in [0.05, 0.1) is 13.7 Å². The zero-order valence-electron chi connectivity index (χ0n) is 14.8. The van der Waals surface area contributed by atoms with Gasteiger partial charge in [0, 0.05) is 5.56 Å². The number of amides is 2. The third-order valence-electron chi connectivity index (χ3n) is 3.38. The highest BCUT2D eigenvalue weighted by atomic mass is 16.5. The van der Waals surface area contributed by atoms with Gasteiger partial charge in [-0.1, -0.05) is 41.5 Å². The molecule has 5 nitrogen and oxygen atoms in total. The number of carbonyl (C=O) groups excluding carboxylic acids is 2. The van der Waals surface area contributed by atoms with Crippen molar-refractivity contribution in [2.75, 3.05) is 13.7 Å². The highest BCUT2D eigenvalue weighted by Gasteiger charge is 2.16. The minimum Gasteiger partial charge on any atom is -0.452 e. The summed E-state index contributed by atoms with van der Waals surface area (Å²) in [6, 6.07) is 8.74. The van der Waals surface area contributed by atoms with Crippen LogP contribution in [0, 0.1) is 0 Å². The van der Waals surface area contributed by atoms with Crippen LogP contribution in [0.4, 0.5) is 4.79 Å². The Hall–Kier alpha value is -2.56. The van der Waals surface area contributed by atoms with E-state index in [0.29, 0.717) is 5.56 Å². The lowest BCUT2D eigenvalue weighted by molar-refractivity contribution is 0.0736. The molecular weight excluding hydrogens is 304 g/mol. The molecule has 130 valence electrons. The van der Waals surface area contributed by atoms with Crippen LogP contribution in [-0.2, 0) is 4.74 Å². The fourth-order valence-electron chi connectivity index (χ4n) is 1.99. The maximum atomic E-state index is 12.2. The van der Waals surface area contributed by atoms with E-state index < -0.39 is 6.09 Å². The number of carbonyl (C=O) groups is 2. The number of hydrogen-bond donors (Lipinski definition) is 1. The van der Waals surface area contributed by atoms with Crippen molar-refractivity contribution < 1.29 is 14.3 Å². The van der Waals surface area contributed by atoms with E-state index in [1.54, 1.807) is 24.3 Å². The lowest BCUT2D eigenvalue weighted by Gasteiger charge is -2.20. The number of rotatable bonds is 6. The van der Waals surface area contributed by atoms with E-state index >= 15 is 0 Å². The molecule has 5 heteroatoms. The van der Waals surface area contributed by atoms with Crippen LogP contribution in [0.5, 0.6) is 0 Å². The van der Waals surface area contributed by atoms with Gasteiger partial charge < -0.3 is 4.74 Å². The number of nitrogens with one attached hydrogen (secondary N) is 1. The Bertz CT molecular complexity index is 602. The maximum Gasteiger partial charge on any atom is 0.428 e. The molecule has 0 saturated carbocycles. The largest absolute Gasteiger partial charge is 0.452 e. The molecule has 0 saturated heterocycles. The number of allylic oxidation sites excluding steroid dienone is 3. The minimum atomic E-state index is -0.604. The van der Waals surface area contributed by atoms with Crippen LogP contribution in [0.1, 0.15) is 44.0 Å². The van der Waals surface area contributed by atoms with E-state index in [0.717, 1.165) is 18.4 Å². The molecule has 0 bridgehead atoms. The van der Waals surface area contributed by atoms with Crippen molar-refractivity contribution in [1.82, 2.24) is 10.4 Å². The molecule has 0 aliphatic carbocycles. The molecule has 0 aliphatic heterocycles. The summed E-state index contributed by atoms with van der Waals surface area (Å²) in [6.07, 6.45) is 5.35. The first-order valence-electron chi connectivity index (χ1n) is 7.94. The summed E-state index contributed by atoms with van der Waals surface area (Å²) >= 11 is 0. The first-order chi connectivity index (χ1) is 11.4. The van der Waals surface area contributed by atoms with Gasteiger partial charge in [-0.05, 0) is 45.7 Å². The Morgan fingerprint density at radius 3 is 2.38 bits per heavy atom. The van der Waals surface area contributed by atoms with Crippen LogP contribution >= 0.6 is 0 Å². The summed E-state index contributed by atoms with van der Waals surface area (Å²) < 4.78 is 4.73. The van der Waals surface area contributed by atoms with E-state index in [2.05, 4.69) is 25.3 Å². The lowest BCUT2D eigenvalue weighted by atomic mass is 10.1. The van der Waals surface area contributed by atoms with Gasteiger partial charge in [0.2, 0.25) is 0 Å². The van der Waals surface area contributed by atoms with Crippen molar-refractivity contribution in [2.45, 2.75) is 33.6 Å². The summed E-state index contributed by atoms with van der Waals surface area (Å²) in [6.45, 7) is 6.40. The third-order valence-corrected chi connectivity index (χ3v) is 3.38. The molecule has 0 aliphatic rings. The maximum absolute atomic E-state index is 12.2. The molecule has 0 unspecified atom stereocenters. The van der Waals surface area contributed by atoms with Crippen LogP contribution < -0.4 is 5.43 Å². The number of ether oxygens (including phenoxy) is 1. The first-order valence-corrected chi connectivity index (χ1v) is 7.94. The molecule has 2 amide bonds. The molecule has 1 aromatic carbocycles. The Labute approximate surface area is 144 Å². The SMILES string of the molecule is COC(=O)N(C/C=C(\C)CCC=C(C)C)NC(=O)c1ccccc1. The van der Waals surface area contributed by atoms with Gasteiger partial charge in [-0.25, -0.2) is 9.80 Å². The Morgan fingerprint density at radius 2 is 1.79 bits per heavy atom. The van der Waals surface area contributed by atoms with Crippen molar-refractivity contribution in [1.29, 1.82) is 0 Å². The first kappa shape index (κ1) is 19.5.